The molecule has 4 rings (SSSR count). The molecule has 1 fully saturated rings. The van der Waals surface area contributed by atoms with Gasteiger partial charge in [0.1, 0.15) is 5.82 Å². The van der Waals surface area contributed by atoms with Crippen molar-refractivity contribution in [2.24, 2.45) is 0 Å². The van der Waals surface area contributed by atoms with Gasteiger partial charge in [0, 0.05) is 31.3 Å². The molecule has 3 aromatic heterocycles. The van der Waals surface area contributed by atoms with Crippen LogP contribution in [0.5, 0.6) is 0 Å². The van der Waals surface area contributed by atoms with Gasteiger partial charge in [0.25, 0.3) is 5.91 Å². The van der Waals surface area contributed by atoms with Crippen molar-refractivity contribution in [1.29, 1.82) is 0 Å². The van der Waals surface area contributed by atoms with Crippen molar-refractivity contribution in [3.8, 4) is 0 Å². The number of rotatable bonds is 3. The Balaban J connectivity index is 1.59. The molecule has 0 spiro atoms. The fourth-order valence-electron chi connectivity index (χ4n) is 3.42. The largest absolute Gasteiger partial charge is 0.417 e. The number of amides is 1. The van der Waals surface area contributed by atoms with E-state index in [1.807, 2.05) is 0 Å². The molecule has 152 valence electrons. The number of pyridine rings is 1. The predicted octanol–water partition coefficient (Wildman–Crippen LogP) is 3.74. The molecule has 0 radical (unpaired) electrons. The topological polar surface area (TPSA) is 93.6 Å². The average molecular weight is 425 g/mol. The normalized spacial score (nSPS) is 17.6. The molecule has 29 heavy (non-hydrogen) atoms. The van der Waals surface area contributed by atoms with Gasteiger partial charge in [-0.15, -0.1) is 10.2 Å². The third-order valence-electron chi connectivity index (χ3n) is 4.81. The van der Waals surface area contributed by atoms with E-state index in [1.165, 1.54) is 22.6 Å². The molecule has 1 saturated heterocycles. The van der Waals surface area contributed by atoms with Crippen LogP contribution >= 0.6 is 11.3 Å². The summed E-state index contributed by atoms with van der Waals surface area (Å²) in [6.07, 6.45) is -2.24. The Morgan fingerprint density at radius 1 is 1.24 bits per heavy atom. The van der Waals surface area contributed by atoms with Crippen molar-refractivity contribution in [2.45, 2.75) is 24.9 Å². The molecule has 4 heterocycles. The van der Waals surface area contributed by atoms with Gasteiger partial charge in [-0.1, -0.05) is 11.3 Å². The van der Waals surface area contributed by atoms with Crippen LogP contribution in [-0.4, -0.2) is 43.4 Å². The molecular weight excluding hydrogens is 411 g/mol. The van der Waals surface area contributed by atoms with Gasteiger partial charge < -0.3 is 4.90 Å². The smallest absolute Gasteiger partial charge is 0.337 e. The number of carbonyl (C=O) groups is 1. The Morgan fingerprint density at radius 2 is 2.03 bits per heavy atom. The van der Waals surface area contributed by atoms with Crippen molar-refractivity contribution in [1.82, 2.24) is 19.5 Å². The van der Waals surface area contributed by atoms with E-state index < -0.39 is 16.7 Å². The molecule has 0 aliphatic carbocycles. The summed E-state index contributed by atoms with van der Waals surface area (Å²) in [5.41, 5.74) is -0.508. The number of alkyl halides is 3. The Hall–Kier alpha value is -3.02. The molecule has 12 heteroatoms. The van der Waals surface area contributed by atoms with E-state index in [0.717, 1.165) is 23.6 Å². The van der Waals surface area contributed by atoms with E-state index in [4.69, 9.17) is 0 Å². The minimum atomic E-state index is -4.49. The summed E-state index contributed by atoms with van der Waals surface area (Å²) in [6, 6.07) is 4.91. The van der Waals surface area contributed by atoms with Crippen LogP contribution < -0.4 is 0 Å². The maximum atomic E-state index is 13.1. The summed E-state index contributed by atoms with van der Waals surface area (Å²) >= 11 is 0.800. The van der Waals surface area contributed by atoms with Crippen LogP contribution in [-0.2, 0) is 6.18 Å². The number of hydrogen-bond acceptors (Lipinski definition) is 6. The van der Waals surface area contributed by atoms with Gasteiger partial charge in [0.2, 0.25) is 0 Å². The molecule has 1 aliphatic rings. The molecule has 0 saturated carbocycles. The Labute approximate surface area is 165 Å². The van der Waals surface area contributed by atoms with E-state index in [-0.39, 0.29) is 28.2 Å². The van der Waals surface area contributed by atoms with Crippen molar-refractivity contribution in [3.63, 3.8) is 0 Å². The first-order valence-electron chi connectivity index (χ1n) is 8.69. The highest BCUT2D eigenvalue weighted by Crippen LogP contribution is 2.32. The number of nitro groups is 1. The van der Waals surface area contributed by atoms with Gasteiger partial charge in [0.05, 0.1) is 15.4 Å². The lowest BCUT2D eigenvalue weighted by molar-refractivity contribution is -0.380. The first-order valence-corrected chi connectivity index (χ1v) is 9.51. The second-order valence-electron chi connectivity index (χ2n) is 6.69. The number of nitrogens with zero attached hydrogens (tertiary/aromatic N) is 5. The maximum Gasteiger partial charge on any atom is 0.417 e. The van der Waals surface area contributed by atoms with Gasteiger partial charge in [0.15, 0.2) is 5.65 Å². The lowest BCUT2D eigenvalue weighted by Crippen LogP contribution is -2.39. The van der Waals surface area contributed by atoms with Crippen LogP contribution in [0.3, 0.4) is 0 Å². The number of piperidine rings is 1. The molecule has 1 unspecified atom stereocenters. The van der Waals surface area contributed by atoms with Crippen LogP contribution in [0.4, 0.5) is 18.2 Å². The van der Waals surface area contributed by atoms with E-state index in [1.54, 1.807) is 4.90 Å². The highest BCUT2D eigenvalue weighted by Gasteiger charge is 2.33. The second kappa shape index (κ2) is 7.10. The standard InChI is InChI=1S/C17H14F3N5O3S/c18-17(19,20)11-3-5-13-21-22-15(24(13)9-11)10-2-1-7-23(8-10)16(26)12-4-6-14(29-12)25(27)28/h3-6,9-10H,1-2,7-8H2. The number of thiophene rings is 1. The number of carbonyl (C=O) groups excluding carboxylic acids is 1. The van der Waals surface area contributed by atoms with E-state index in [2.05, 4.69) is 10.2 Å². The molecule has 0 aromatic carbocycles. The summed E-state index contributed by atoms with van der Waals surface area (Å²) in [6.45, 7) is 0.715. The summed E-state index contributed by atoms with van der Waals surface area (Å²) in [7, 11) is 0. The Bertz CT molecular complexity index is 1090. The van der Waals surface area contributed by atoms with Crippen LogP contribution in [0.2, 0.25) is 0 Å². The second-order valence-corrected chi connectivity index (χ2v) is 7.75. The first kappa shape index (κ1) is 19.3. The van der Waals surface area contributed by atoms with Crippen molar-refractivity contribution in [3.05, 3.63) is 56.8 Å². The van der Waals surface area contributed by atoms with Crippen LogP contribution in [0.25, 0.3) is 5.65 Å². The zero-order chi connectivity index (χ0) is 20.8. The predicted molar refractivity (Wildman–Crippen MR) is 96.8 cm³/mol. The molecule has 0 N–H and O–H groups in total. The molecule has 1 aliphatic heterocycles. The zero-order valence-corrected chi connectivity index (χ0v) is 15.6. The molecular formula is C17H14F3N5O3S. The monoisotopic (exact) mass is 425 g/mol. The molecule has 1 atom stereocenters. The third-order valence-corrected chi connectivity index (χ3v) is 5.84. The lowest BCUT2D eigenvalue weighted by atomic mass is 9.97. The van der Waals surface area contributed by atoms with Crippen LogP contribution in [0, 0.1) is 10.1 Å². The highest BCUT2D eigenvalue weighted by molar-refractivity contribution is 7.17. The number of halogens is 3. The van der Waals surface area contributed by atoms with Gasteiger partial charge in [-0.25, -0.2) is 0 Å². The number of aromatic nitrogens is 3. The van der Waals surface area contributed by atoms with Gasteiger partial charge in [-0.2, -0.15) is 13.2 Å². The minimum absolute atomic E-state index is 0.120. The summed E-state index contributed by atoms with van der Waals surface area (Å²) in [4.78, 5) is 24.8. The number of fused-ring (bicyclic) bond motifs is 1. The number of likely N-dealkylation sites (tertiary alicyclic amines) is 1. The van der Waals surface area contributed by atoms with Crippen molar-refractivity contribution >= 4 is 27.9 Å². The van der Waals surface area contributed by atoms with Gasteiger partial charge >= 0.3 is 11.2 Å². The van der Waals surface area contributed by atoms with Crippen molar-refractivity contribution in [2.75, 3.05) is 13.1 Å². The van der Waals surface area contributed by atoms with Gasteiger partial charge in [-0.05, 0) is 31.0 Å². The Morgan fingerprint density at radius 3 is 2.72 bits per heavy atom. The fraction of sp³-hybridized carbons (Fsp3) is 0.353. The van der Waals surface area contributed by atoms with E-state index in [0.29, 0.717) is 30.9 Å². The summed E-state index contributed by atoms with van der Waals surface area (Å²) in [5.74, 6) is -0.264. The zero-order valence-electron chi connectivity index (χ0n) is 14.8. The fourth-order valence-corrected chi connectivity index (χ4v) is 4.21. The van der Waals surface area contributed by atoms with E-state index in [9.17, 15) is 28.1 Å². The number of hydrogen-bond donors (Lipinski definition) is 0. The Kier molecular flexibility index (Phi) is 4.73. The molecule has 1 amide bonds. The van der Waals surface area contributed by atoms with Crippen LogP contribution in [0.1, 0.15) is 39.8 Å². The highest BCUT2D eigenvalue weighted by atomic mass is 32.1. The SMILES string of the molecule is O=C(c1ccc([N+](=O)[O-])s1)N1CCCC(c2nnc3ccc(C(F)(F)F)cn23)C1. The maximum absolute atomic E-state index is 13.1. The minimum Gasteiger partial charge on any atom is -0.337 e. The van der Waals surface area contributed by atoms with Crippen molar-refractivity contribution < 1.29 is 22.9 Å². The molecule has 8 nitrogen and oxygen atoms in total. The molecule has 0 bridgehead atoms. The quantitative estimate of drug-likeness (QED) is 0.471. The van der Waals surface area contributed by atoms with E-state index >= 15 is 0 Å². The third kappa shape index (κ3) is 3.67. The first-order chi connectivity index (χ1) is 13.7. The summed E-state index contributed by atoms with van der Waals surface area (Å²) < 4.78 is 40.5. The summed E-state index contributed by atoms with van der Waals surface area (Å²) in [5, 5.41) is 18.7. The van der Waals surface area contributed by atoms with Crippen LogP contribution in [0.15, 0.2) is 30.5 Å². The average Bonchev–Trinajstić information content (AvgIpc) is 3.33. The van der Waals surface area contributed by atoms with Gasteiger partial charge in [-0.3, -0.25) is 19.3 Å². The lowest BCUT2D eigenvalue weighted by Gasteiger charge is -2.31. The molecule has 3 aromatic rings.